The highest BCUT2D eigenvalue weighted by Crippen LogP contribution is 2.50. The Morgan fingerprint density at radius 1 is 1.28 bits per heavy atom. The van der Waals surface area contributed by atoms with Crippen molar-refractivity contribution in [3.63, 3.8) is 0 Å². The molecular weight excluding hydrogens is 220 g/mol. The Kier molecular flexibility index (Phi) is 3.63. The van der Waals surface area contributed by atoms with Gasteiger partial charge in [-0.05, 0) is 38.2 Å². The molecule has 1 N–H and O–H groups in total. The van der Waals surface area contributed by atoms with Gasteiger partial charge in [0.25, 0.3) is 0 Å². The quantitative estimate of drug-likeness (QED) is 0.794. The average molecular weight is 244 g/mol. The zero-order valence-electron chi connectivity index (χ0n) is 11.7. The first-order valence-electron chi connectivity index (χ1n) is 6.88. The lowest BCUT2D eigenvalue weighted by Gasteiger charge is -2.49. The van der Waals surface area contributed by atoms with Gasteiger partial charge in [0.05, 0.1) is 6.10 Å². The molecular formula is C17H24O. The van der Waals surface area contributed by atoms with Crippen molar-refractivity contribution in [3.05, 3.63) is 47.5 Å². The lowest BCUT2D eigenvalue weighted by atomic mass is 9.56. The van der Waals surface area contributed by atoms with Crippen LogP contribution in [-0.4, -0.2) is 11.2 Å². The number of aliphatic hydroxyl groups is 1. The molecule has 1 nitrogen and oxygen atoms in total. The SMILES string of the molecule is C=C(C)[C@@H](O)[C@@H](C)C1(c2ccc(C)cc2)CCC1. The maximum Gasteiger partial charge on any atom is 0.0778 e. The fourth-order valence-corrected chi connectivity index (χ4v) is 3.18. The predicted molar refractivity (Wildman–Crippen MR) is 76.7 cm³/mol. The van der Waals surface area contributed by atoms with Gasteiger partial charge >= 0.3 is 0 Å². The molecule has 0 amide bonds. The van der Waals surface area contributed by atoms with E-state index in [2.05, 4.69) is 44.7 Å². The Morgan fingerprint density at radius 3 is 2.22 bits per heavy atom. The Bertz CT molecular complexity index is 425. The highest BCUT2D eigenvalue weighted by molar-refractivity contribution is 5.32. The Balaban J connectivity index is 2.30. The molecule has 1 saturated carbocycles. The molecule has 0 aliphatic heterocycles. The molecule has 1 aliphatic carbocycles. The molecule has 0 heterocycles. The summed E-state index contributed by atoms with van der Waals surface area (Å²) < 4.78 is 0. The van der Waals surface area contributed by atoms with Gasteiger partial charge in [-0.25, -0.2) is 0 Å². The van der Waals surface area contributed by atoms with Crippen LogP contribution in [0.4, 0.5) is 0 Å². The van der Waals surface area contributed by atoms with Crippen LogP contribution in [0, 0.1) is 12.8 Å². The van der Waals surface area contributed by atoms with Gasteiger partial charge in [-0.15, -0.1) is 0 Å². The van der Waals surface area contributed by atoms with Crippen molar-refractivity contribution < 1.29 is 5.11 Å². The number of aryl methyl sites for hydroxylation is 1. The molecule has 1 aromatic carbocycles. The van der Waals surface area contributed by atoms with E-state index in [0.29, 0.717) is 0 Å². The number of hydrogen-bond donors (Lipinski definition) is 1. The number of benzene rings is 1. The lowest BCUT2D eigenvalue weighted by Crippen LogP contribution is -2.45. The van der Waals surface area contributed by atoms with Gasteiger partial charge < -0.3 is 5.11 Å². The van der Waals surface area contributed by atoms with Crippen molar-refractivity contribution in [2.75, 3.05) is 0 Å². The summed E-state index contributed by atoms with van der Waals surface area (Å²) in [6.07, 6.45) is 3.23. The van der Waals surface area contributed by atoms with E-state index in [0.717, 1.165) is 5.57 Å². The second-order valence-corrected chi connectivity index (χ2v) is 5.96. The lowest BCUT2D eigenvalue weighted by molar-refractivity contribution is 0.0499. The number of aliphatic hydroxyl groups excluding tert-OH is 1. The van der Waals surface area contributed by atoms with E-state index in [-0.39, 0.29) is 11.3 Å². The van der Waals surface area contributed by atoms with Crippen molar-refractivity contribution >= 4 is 0 Å². The molecule has 18 heavy (non-hydrogen) atoms. The zero-order chi connectivity index (χ0) is 13.3. The van der Waals surface area contributed by atoms with Crippen LogP contribution in [-0.2, 0) is 5.41 Å². The molecule has 0 unspecified atom stereocenters. The summed E-state index contributed by atoms with van der Waals surface area (Å²) in [5, 5.41) is 10.3. The topological polar surface area (TPSA) is 20.2 Å². The van der Waals surface area contributed by atoms with Gasteiger partial charge in [-0.3, -0.25) is 0 Å². The third-order valence-corrected chi connectivity index (χ3v) is 4.72. The first-order chi connectivity index (χ1) is 8.47. The fraction of sp³-hybridized carbons (Fsp3) is 0.529. The molecule has 2 rings (SSSR count). The van der Waals surface area contributed by atoms with Crippen molar-refractivity contribution in [3.8, 4) is 0 Å². The molecule has 1 fully saturated rings. The van der Waals surface area contributed by atoms with Gasteiger partial charge in [-0.1, -0.05) is 55.3 Å². The van der Waals surface area contributed by atoms with E-state index < -0.39 is 6.10 Å². The second kappa shape index (κ2) is 4.89. The van der Waals surface area contributed by atoms with E-state index in [1.807, 2.05) is 6.92 Å². The van der Waals surface area contributed by atoms with Crippen LogP contribution in [0.2, 0.25) is 0 Å². The fourth-order valence-electron chi connectivity index (χ4n) is 3.18. The van der Waals surface area contributed by atoms with Crippen LogP contribution in [0.5, 0.6) is 0 Å². The summed E-state index contributed by atoms with van der Waals surface area (Å²) in [6, 6.07) is 8.82. The maximum absolute atomic E-state index is 10.3. The van der Waals surface area contributed by atoms with Crippen LogP contribution in [0.3, 0.4) is 0 Å². The Labute approximate surface area is 111 Å². The minimum absolute atomic E-state index is 0.159. The average Bonchev–Trinajstić information content (AvgIpc) is 2.28. The van der Waals surface area contributed by atoms with Gasteiger partial charge in [0, 0.05) is 5.41 Å². The van der Waals surface area contributed by atoms with Crippen molar-refractivity contribution in [2.24, 2.45) is 5.92 Å². The van der Waals surface area contributed by atoms with E-state index >= 15 is 0 Å². The third kappa shape index (κ3) is 2.12. The van der Waals surface area contributed by atoms with Gasteiger partial charge in [-0.2, -0.15) is 0 Å². The van der Waals surface area contributed by atoms with Crippen LogP contribution < -0.4 is 0 Å². The molecule has 0 spiro atoms. The first-order valence-corrected chi connectivity index (χ1v) is 6.88. The van der Waals surface area contributed by atoms with Crippen molar-refractivity contribution in [2.45, 2.75) is 51.6 Å². The zero-order valence-corrected chi connectivity index (χ0v) is 11.7. The minimum atomic E-state index is -0.397. The number of hydrogen-bond acceptors (Lipinski definition) is 1. The molecule has 1 aliphatic rings. The van der Waals surface area contributed by atoms with Crippen LogP contribution in [0.25, 0.3) is 0 Å². The maximum atomic E-state index is 10.3. The summed E-state index contributed by atoms with van der Waals surface area (Å²) in [7, 11) is 0. The van der Waals surface area contributed by atoms with E-state index in [4.69, 9.17) is 0 Å². The van der Waals surface area contributed by atoms with Gasteiger partial charge in [0.15, 0.2) is 0 Å². The molecule has 0 saturated heterocycles. The van der Waals surface area contributed by atoms with E-state index in [1.165, 1.54) is 30.4 Å². The highest BCUT2D eigenvalue weighted by atomic mass is 16.3. The standard InChI is InChI=1S/C17H24O/c1-12(2)16(18)14(4)17(10-5-11-17)15-8-6-13(3)7-9-15/h6-9,14,16,18H,1,5,10-11H2,2-4H3/t14-,16-/m1/s1. The highest BCUT2D eigenvalue weighted by Gasteiger charge is 2.45. The molecule has 0 radical (unpaired) electrons. The first kappa shape index (κ1) is 13.4. The Morgan fingerprint density at radius 2 is 1.83 bits per heavy atom. The largest absolute Gasteiger partial charge is 0.388 e. The van der Waals surface area contributed by atoms with Crippen LogP contribution >= 0.6 is 0 Å². The predicted octanol–water partition coefficient (Wildman–Crippen LogP) is 3.99. The van der Waals surface area contributed by atoms with Crippen LogP contribution in [0.15, 0.2) is 36.4 Å². The van der Waals surface area contributed by atoms with E-state index in [9.17, 15) is 5.11 Å². The van der Waals surface area contributed by atoms with Crippen molar-refractivity contribution in [1.29, 1.82) is 0 Å². The summed E-state index contributed by atoms with van der Waals surface area (Å²) >= 11 is 0. The summed E-state index contributed by atoms with van der Waals surface area (Å²) in [5.74, 6) is 0.242. The molecule has 2 atom stereocenters. The summed E-state index contributed by atoms with van der Waals surface area (Å²) in [6.45, 7) is 10.1. The monoisotopic (exact) mass is 244 g/mol. The third-order valence-electron chi connectivity index (χ3n) is 4.72. The van der Waals surface area contributed by atoms with Gasteiger partial charge in [0.1, 0.15) is 0 Å². The van der Waals surface area contributed by atoms with Crippen LogP contribution in [0.1, 0.15) is 44.2 Å². The number of rotatable bonds is 4. The van der Waals surface area contributed by atoms with Crippen molar-refractivity contribution in [1.82, 2.24) is 0 Å². The molecule has 0 aromatic heterocycles. The summed E-state index contributed by atoms with van der Waals surface area (Å²) in [5.41, 5.74) is 3.71. The molecule has 1 aromatic rings. The smallest absolute Gasteiger partial charge is 0.0778 e. The Hall–Kier alpha value is -1.08. The van der Waals surface area contributed by atoms with E-state index in [1.54, 1.807) is 0 Å². The minimum Gasteiger partial charge on any atom is -0.388 e. The second-order valence-electron chi connectivity index (χ2n) is 5.96. The van der Waals surface area contributed by atoms with Gasteiger partial charge in [0.2, 0.25) is 0 Å². The molecule has 98 valence electrons. The molecule has 0 bridgehead atoms. The summed E-state index contributed by atoms with van der Waals surface area (Å²) in [4.78, 5) is 0. The normalized spacial score (nSPS) is 20.9. The molecule has 1 heteroatoms.